The molecule has 2 aromatic heterocycles. The van der Waals surface area contributed by atoms with Crippen molar-refractivity contribution < 1.29 is 9.18 Å². The number of aryl methyl sites for hydroxylation is 2. The van der Waals surface area contributed by atoms with Gasteiger partial charge in [0, 0.05) is 13.1 Å². The number of aromatic amines is 1. The molecule has 7 nitrogen and oxygen atoms in total. The number of hydrogen-bond donors (Lipinski definition) is 1. The van der Waals surface area contributed by atoms with Gasteiger partial charge in [0.1, 0.15) is 11.6 Å². The van der Waals surface area contributed by atoms with E-state index < -0.39 is 0 Å². The average molecular weight is 433 g/mol. The molecule has 0 unspecified atom stereocenters. The lowest BCUT2D eigenvalue weighted by Crippen LogP contribution is -2.39. The molecule has 0 spiro atoms. The predicted octanol–water partition coefficient (Wildman–Crippen LogP) is 4.29. The summed E-state index contributed by atoms with van der Waals surface area (Å²) >= 11 is 0. The van der Waals surface area contributed by atoms with Gasteiger partial charge in [-0.15, -0.1) is 5.10 Å². The first-order valence-corrected chi connectivity index (χ1v) is 11.1. The number of likely N-dealkylation sites (tertiary alicyclic amines) is 1. The summed E-state index contributed by atoms with van der Waals surface area (Å²) in [5.41, 5.74) is 2.97. The lowest BCUT2D eigenvalue weighted by Gasteiger charge is -2.33. The highest BCUT2D eigenvalue weighted by Gasteiger charge is 2.32. The van der Waals surface area contributed by atoms with E-state index in [1.807, 2.05) is 23.1 Å². The van der Waals surface area contributed by atoms with Gasteiger partial charge in [0.05, 0.1) is 23.3 Å². The number of nitrogens with one attached hydrogen (secondary N) is 1. The first-order valence-electron chi connectivity index (χ1n) is 11.1. The van der Waals surface area contributed by atoms with E-state index in [4.69, 9.17) is 0 Å². The molecule has 8 heteroatoms. The van der Waals surface area contributed by atoms with E-state index in [0.717, 1.165) is 32.1 Å². The third-order valence-corrected chi connectivity index (χ3v) is 5.99. The predicted molar refractivity (Wildman–Crippen MR) is 118 cm³/mol. The third-order valence-electron chi connectivity index (χ3n) is 5.99. The molecule has 32 heavy (non-hydrogen) atoms. The second kappa shape index (κ2) is 8.90. The number of nitrogens with zero attached hydrogens (tertiary/aromatic N) is 5. The Balaban J connectivity index is 1.29. The Morgan fingerprint density at radius 2 is 2.03 bits per heavy atom. The first-order chi connectivity index (χ1) is 15.7. The molecule has 3 heterocycles. The SMILES string of the molecule is O=C(c1cn(CCCc2ccccc2)nn1)N1CCCC[C@H]1c1nc2ccc(F)cc2[nH]1. The average Bonchev–Trinajstić information content (AvgIpc) is 3.46. The van der Waals surface area contributed by atoms with E-state index in [0.29, 0.717) is 35.6 Å². The number of hydrogen-bond acceptors (Lipinski definition) is 4. The van der Waals surface area contributed by atoms with Crippen LogP contribution in [0.15, 0.2) is 54.7 Å². The summed E-state index contributed by atoms with van der Waals surface area (Å²) in [6.07, 6.45) is 6.34. The number of aromatic nitrogens is 5. The van der Waals surface area contributed by atoms with Crippen molar-refractivity contribution in [3.8, 4) is 0 Å². The van der Waals surface area contributed by atoms with Gasteiger partial charge in [-0.3, -0.25) is 9.48 Å². The minimum absolute atomic E-state index is 0.143. The lowest BCUT2D eigenvalue weighted by molar-refractivity contribution is 0.0595. The molecule has 1 N–H and O–H groups in total. The number of fused-ring (bicyclic) bond motifs is 1. The highest BCUT2D eigenvalue weighted by molar-refractivity contribution is 5.92. The van der Waals surface area contributed by atoms with Crippen molar-refractivity contribution in [2.24, 2.45) is 0 Å². The zero-order valence-corrected chi connectivity index (χ0v) is 17.7. The van der Waals surface area contributed by atoms with E-state index in [1.165, 1.54) is 17.7 Å². The second-order valence-electron chi connectivity index (χ2n) is 8.25. The topological polar surface area (TPSA) is 79.7 Å². The van der Waals surface area contributed by atoms with Gasteiger partial charge < -0.3 is 9.88 Å². The molecule has 1 fully saturated rings. The van der Waals surface area contributed by atoms with E-state index in [1.54, 1.807) is 16.9 Å². The number of imidazole rings is 1. The number of amides is 1. The van der Waals surface area contributed by atoms with Crippen LogP contribution in [0.5, 0.6) is 0 Å². The van der Waals surface area contributed by atoms with Crippen molar-refractivity contribution >= 4 is 16.9 Å². The van der Waals surface area contributed by atoms with Crippen LogP contribution in [-0.2, 0) is 13.0 Å². The van der Waals surface area contributed by atoms with Gasteiger partial charge in [0.15, 0.2) is 5.69 Å². The van der Waals surface area contributed by atoms with Crippen molar-refractivity contribution in [1.82, 2.24) is 29.9 Å². The van der Waals surface area contributed by atoms with Crippen LogP contribution < -0.4 is 0 Å². The van der Waals surface area contributed by atoms with Crippen molar-refractivity contribution in [3.63, 3.8) is 0 Å². The molecule has 0 radical (unpaired) electrons. The molecule has 0 aliphatic carbocycles. The summed E-state index contributed by atoms with van der Waals surface area (Å²) in [6, 6.07) is 14.6. The Morgan fingerprint density at radius 1 is 1.16 bits per heavy atom. The molecular weight excluding hydrogens is 407 g/mol. The summed E-state index contributed by atoms with van der Waals surface area (Å²) in [7, 11) is 0. The third kappa shape index (κ3) is 4.26. The number of rotatable bonds is 6. The maximum absolute atomic E-state index is 13.6. The van der Waals surface area contributed by atoms with Gasteiger partial charge in [-0.1, -0.05) is 35.5 Å². The molecule has 2 aromatic carbocycles. The van der Waals surface area contributed by atoms with Crippen LogP contribution in [0.3, 0.4) is 0 Å². The van der Waals surface area contributed by atoms with Crippen LogP contribution >= 0.6 is 0 Å². The minimum atomic E-state index is -0.312. The van der Waals surface area contributed by atoms with E-state index in [2.05, 4.69) is 32.4 Å². The van der Waals surface area contributed by atoms with Crippen molar-refractivity contribution in [2.45, 2.75) is 44.7 Å². The molecule has 0 bridgehead atoms. The summed E-state index contributed by atoms with van der Waals surface area (Å²) < 4.78 is 15.3. The first kappa shape index (κ1) is 20.4. The summed E-state index contributed by atoms with van der Waals surface area (Å²) in [6.45, 7) is 1.34. The van der Waals surface area contributed by atoms with Gasteiger partial charge in [-0.2, -0.15) is 0 Å². The van der Waals surface area contributed by atoms with Crippen LogP contribution in [0.25, 0.3) is 11.0 Å². The van der Waals surface area contributed by atoms with E-state index in [-0.39, 0.29) is 17.8 Å². The molecule has 164 valence electrons. The molecule has 1 saturated heterocycles. The van der Waals surface area contributed by atoms with Crippen LogP contribution in [-0.4, -0.2) is 42.3 Å². The molecular formula is C24H25FN6O. The fourth-order valence-corrected chi connectivity index (χ4v) is 4.36. The zero-order chi connectivity index (χ0) is 21.9. The number of benzene rings is 2. The zero-order valence-electron chi connectivity index (χ0n) is 17.7. The summed E-state index contributed by atoms with van der Waals surface area (Å²) in [5, 5.41) is 8.30. The van der Waals surface area contributed by atoms with Gasteiger partial charge in [-0.25, -0.2) is 9.37 Å². The highest BCUT2D eigenvalue weighted by atomic mass is 19.1. The maximum Gasteiger partial charge on any atom is 0.276 e. The molecule has 1 aliphatic heterocycles. The van der Waals surface area contributed by atoms with Crippen molar-refractivity contribution in [3.05, 3.63) is 77.6 Å². The number of H-pyrrole nitrogens is 1. The molecule has 1 amide bonds. The second-order valence-corrected chi connectivity index (χ2v) is 8.25. The van der Waals surface area contributed by atoms with Crippen LogP contribution in [0.2, 0.25) is 0 Å². The Kier molecular flexibility index (Phi) is 5.66. The molecule has 5 rings (SSSR count). The molecule has 1 atom stereocenters. The molecule has 0 saturated carbocycles. The van der Waals surface area contributed by atoms with E-state index in [9.17, 15) is 9.18 Å². The Hall–Kier alpha value is -3.55. The van der Waals surface area contributed by atoms with Crippen LogP contribution in [0, 0.1) is 5.82 Å². The number of carbonyl (C=O) groups excluding carboxylic acids is 1. The quantitative estimate of drug-likeness (QED) is 0.493. The molecule has 4 aromatic rings. The maximum atomic E-state index is 13.6. The minimum Gasteiger partial charge on any atom is -0.340 e. The number of halogens is 1. The van der Waals surface area contributed by atoms with E-state index >= 15 is 0 Å². The number of carbonyl (C=O) groups is 1. The van der Waals surface area contributed by atoms with Gasteiger partial charge >= 0.3 is 0 Å². The fourth-order valence-electron chi connectivity index (χ4n) is 4.36. The van der Waals surface area contributed by atoms with Crippen LogP contribution in [0.4, 0.5) is 4.39 Å². The monoisotopic (exact) mass is 432 g/mol. The van der Waals surface area contributed by atoms with Crippen LogP contribution in [0.1, 0.15) is 53.6 Å². The Labute approximate surface area is 185 Å². The van der Waals surface area contributed by atoms with Gasteiger partial charge in [0.2, 0.25) is 0 Å². The van der Waals surface area contributed by atoms with Crippen molar-refractivity contribution in [1.29, 1.82) is 0 Å². The summed E-state index contributed by atoms with van der Waals surface area (Å²) in [4.78, 5) is 22.9. The molecule has 1 aliphatic rings. The normalized spacial score (nSPS) is 16.5. The fraction of sp³-hybridized carbons (Fsp3) is 0.333. The van der Waals surface area contributed by atoms with Crippen molar-refractivity contribution in [2.75, 3.05) is 6.54 Å². The largest absolute Gasteiger partial charge is 0.340 e. The standard InChI is InChI=1S/C24H25FN6O/c25-18-11-12-19-20(15-18)27-23(26-19)22-10-4-5-14-31(22)24(32)21-16-30(29-28-21)13-6-9-17-7-2-1-3-8-17/h1-3,7-8,11-12,15-16,22H,4-6,9-10,13-14H2,(H,26,27)/t22-/m0/s1. The lowest BCUT2D eigenvalue weighted by atomic mass is 10.0. The van der Waals surface area contributed by atoms with Gasteiger partial charge in [0.25, 0.3) is 5.91 Å². The summed E-state index contributed by atoms with van der Waals surface area (Å²) in [5.74, 6) is 0.234. The number of piperidine rings is 1. The van der Waals surface area contributed by atoms with Gasteiger partial charge in [-0.05, 0) is 55.9 Å². The Bertz CT molecular complexity index is 1220. The Morgan fingerprint density at radius 3 is 2.91 bits per heavy atom. The highest BCUT2D eigenvalue weighted by Crippen LogP contribution is 2.31. The smallest absolute Gasteiger partial charge is 0.276 e.